The van der Waals surface area contributed by atoms with Crippen LogP contribution in [0.5, 0.6) is 5.75 Å². The highest BCUT2D eigenvalue weighted by atomic mass is 32.2. The molecule has 0 unspecified atom stereocenters. The summed E-state index contributed by atoms with van der Waals surface area (Å²) in [4.78, 5) is 10.4. The van der Waals surface area contributed by atoms with Gasteiger partial charge in [-0.3, -0.25) is 10.1 Å². The summed E-state index contributed by atoms with van der Waals surface area (Å²) in [7, 11) is -2.32. The number of hydrogen-bond donors (Lipinski definition) is 1. The molecule has 0 bridgehead atoms. The number of methoxy groups -OCH3 is 1. The number of sulfonamides is 1. The molecule has 1 fully saturated rings. The summed E-state index contributed by atoms with van der Waals surface area (Å²) in [5.74, 6) is 0.443. The second-order valence-corrected chi connectivity index (χ2v) is 10.3. The molecule has 0 spiro atoms. The van der Waals surface area contributed by atoms with Gasteiger partial charge in [0.25, 0.3) is 5.69 Å². The number of piperidine rings is 1. The van der Waals surface area contributed by atoms with Crippen molar-refractivity contribution in [1.29, 1.82) is 0 Å². The van der Waals surface area contributed by atoms with Crippen molar-refractivity contribution in [2.75, 3.05) is 13.7 Å². The number of nitro benzene ring substituents is 1. The molecule has 8 nitrogen and oxygen atoms in total. The van der Waals surface area contributed by atoms with Crippen molar-refractivity contribution in [1.82, 2.24) is 4.31 Å². The van der Waals surface area contributed by atoms with Crippen LogP contribution in [0.2, 0.25) is 0 Å². The molecule has 9 heteroatoms. The summed E-state index contributed by atoms with van der Waals surface area (Å²) >= 11 is 0. The van der Waals surface area contributed by atoms with Crippen molar-refractivity contribution in [3.05, 3.63) is 64.2 Å². The van der Waals surface area contributed by atoms with Crippen molar-refractivity contribution < 1.29 is 23.2 Å². The molecule has 1 heterocycles. The van der Waals surface area contributed by atoms with Crippen molar-refractivity contribution in [2.45, 2.75) is 49.6 Å². The first-order valence-electron chi connectivity index (χ1n) is 10.2. The van der Waals surface area contributed by atoms with Gasteiger partial charge in [-0.1, -0.05) is 12.1 Å². The largest absolute Gasteiger partial charge is 0.497 e. The van der Waals surface area contributed by atoms with Gasteiger partial charge >= 0.3 is 0 Å². The number of ether oxygens (including phenoxy) is 1. The normalized spacial score (nSPS) is 20.4. The lowest BCUT2D eigenvalue weighted by atomic mass is 9.77. The number of non-ortho nitro benzene ring substituents is 1. The van der Waals surface area contributed by atoms with Crippen molar-refractivity contribution in [3.8, 4) is 5.75 Å². The van der Waals surface area contributed by atoms with E-state index >= 15 is 0 Å². The van der Waals surface area contributed by atoms with E-state index in [1.165, 1.54) is 28.6 Å². The number of nitro groups is 1. The maximum atomic E-state index is 13.5. The molecule has 2 aromatic rings. The highest BCUT2D eigenvalue weighted by molar-refractivity contribution is 7.89. The quantitative estimate of drug-likeness (QED) is 0.514. The minimum absolute atomic E-state index is 0.00854. The molecular weight excluding hydrogens is 420 g/mol. The lowest BCUT2D eigenvalue weighted by molar-refractivity contribution is -0.384. The predicted octanol–water partition coefficient (Wildman–Crippen LogP) is 3.39. The molecule has 31 heavy (non-hydrogen) atoms. The molecule has 0 aliphatic carbocycles. The van der Waals surface area contributed by atoms with Crippen LogP contribution in [-0.4, -0.2) is 48.1 Å². The zero-order valence-electron chi connectivity index (χ0n) is 17.9. The number of aliphatic hydroxyl groups is 1. The van der Waals surface area contributed by atoms with E-state index in [-0.39, 0.29) is 16.5 Å². The molecule has 1 saturated heterocycles. The van der Waals surface area contributed by atoms with Gasteiger partial charge in [0.1, 0.15) is 5.75 Å². The summed E-state index contributed by atoms with van der Waals surface area (Å²) in [6.45, 7) is 3.74. The predicted molar refractivity (Wildman–Crippen MR) is 116 cm³/mol. The fraction of sp³-hybridized carbons (Fsp3) is 0.455. The van der Waals surface area contributed by atoms with Crippen LogP contribution in [0.25, 0.3) is 0 Å². The van der Waals surface area contributed by atoms with E-state index in [0.29, 0.717) is 31.6 Å². The smallest absolute Gasteiger partial charge is 0.269 e. The summed E-state index contributed by atoms with van der Waals surface area (Å²) in [5, 5.41) is 21.7. The van der Waals surface area contributed by atoms with Crippen LogP contribution in [-0.2, 0) is 16.4 Å². The van der Waals surface area contributed by atoms with Gasteiger partial charge < -0.3 is 9.84 Å². The minimum atomic E-state index is -3.90. The molecule has 168 valence electrons. The Morgan fingerprint density at radius 1 is 1.16 bits per heavy atom. The molecule has 2 atom stereocenters. The molecule has 1 aliphatic rings. The Balaban J connectivity index is 1.98. The first-order chi connectivity index (χ1) is 14.5. The number of benzene rings is 2. The molecule has 2 aromatic carbocycles. The number of rotatable bonds is 7. The number of hydrogen-bond acceptors (Lipinski definition) is 6. The van der Waals surface area contributed by atoms with Crippen LogP contribution >= 0.6 is 0 Å². The van der Waals surface area contributed by atoms with Gasteiger partial charge in [-0.15, -0.1) is 0 Å². The Labute approximate surface area is 182 Å². The van der Waals surface area contributed by atoms with E-state index in [9.17, 15) is 23.6 Å². The van der Waals surface area contributed by atoms with Gasteiger partial charge in [0.05, 0.1) is 22.5 Å². The third-order valence-corrected chi connectivity index (χ3v) is 7.83. The van der Waals surface area contributed by atoms with Crippen molar-refractivity contribution >= 4 is 15.7 Å². The maximum absolute atomic E-state index is 13.5. The summed E-state index contributed by atoms with van der Waals surface area (Å²) in [5.41, 5.74) is -0.298. The molecule has 0 aromatic heterocycles. The molecule has 0 amide bonds. The van der Waals surface area contributed by atoms with E-state index in [1.807, 2.05) is 24.3 Å². The maximum Gasteiger partial charge on any atom is 0.269 e. The molecular formula is C22H28N2O6S. The first-order valence-corrected chi connectivity index (χ1v) is 11.6. The van der Waals surface area contributed by atoms with Gasteiger partial charge in [0, 0.05) is 30.6 Å². The third-order valence-electron chi connectivity index (χ3n) is 5.89. The fourth-order valence-corrected chi connectivity index (χ4v) is 5.97. The Kier molecular flexibility index (Phi) is 6.68. The summed E-state index contributed by atoms with van der Waals surface area (Å²) in [6, 6.07) is 11.9. The van der Waals surface area contributed by atoms with Gasteiger partial charge in [-0.25, -0.2) is 8.42 Å². The second kappa shape index (κ2) is 8.94. The molecule has 0 radical (unpaired) electrons. The first kappa shape index (κ1) is 23.2. The molecule has 0 saturated carbocycles. The number of nitrogens with zero attached hydrogens (tertiary/aromatic N) is 2. The van der Waals surface area contributed by atoms with E-state index in [2.05, 4.69) is 0 Å². The Morgan fingerprint density at radius 2 is 1.77 bits per heavy atom. The average Bonchev–Trinajstić information content (AvgIpc) is 2.73. The van der Waals surface area contributed by atoms with Crippen LogP contribution in [0.15, 0.2) is 53.4 Å². The Morgan fingerprint density at radius 3 is 2.29 bits per heavy atom. The van der Waals surface area contributed by atoms with Crippen LogP contribution in [0.3, 0.4) is 0 Å². The molecule has 1 aliphatic heterocycles. The zero-order valence-corrected chi connectivity index (χ0v) is 18.7. The van der Waals surface area contributed by atoms with Crippen LogP contribution in [0.4, 0.5) is 5.69 Å². The zero-order chi connectivity index (χ0) is 22.8. The average molecular weight is 449 g/mol. The monoisotopic (exact) mass is 448 g/mol. The lowest BCUT2D eigenvalue weighted by Gasteiger charge is -2.45. The van der Waals surface area contributed by atoms with E-state index in [4.69, 9.17) is 4.74 Å². The van der Waals surface area contributed by atoms with E-state index in [0.717, 1.165) is 5.56 Å². The van der Waals surface area contributed by atoms with Gasteiger partial charge in [0.15, 0.2) is 0 Å². The Hall–Kier alpha value is -2.49. The SMILES string of the molecule is COc1ccc(C[C@@H]2[C@@H](C(C)(C)O)CCCN2S(=O)(=O)c2ccc([N+](=O)[O-])cc2)cc1. The van der Waals surface area contributed by atoms with Gasteiger partial charge in [-0.05, 0) is 62.9 Å². The fourth-order valence-electron chi connectivity index (χ4n) is 4.27. The lowest BCUT2D eigenvalue weighted by Crippen LogP contribution is -2.55. The van der Waals surface area contributed by atoms with E-state index < -0.39 is 26.6 Å². The van der Waals surface area contributed by atoms with Crippen molar-refractivity contribution in [2.24, 2.45) is 5.92 Å². The highest BCUT2D eigenvalue weighted by Gasteiger charge is 2.44. The topological polar surface area (TPSA) is 110 Å². The van der Waals surface area contributed by atoms with Crippen LogP contribution in [0, 0.1) is 16.0 Å². The highest BCUT2D eigenvalue weighted by Crippen LogP contribution is 2.37. The summed E-state index contributed by atoms with van der Waals surface area (Å²) in [6.07, 6.45) is 1.77. The Bertz CT molecular complexity index is 1010. The van der Waals surface area contributed by atoms with Gasteiger partial charge in [0.2, 0.25) is 10.0 Å². The standard InChI is InChI=1S/C22H28N2O6S/c1-22(2,25)20-5-4-14-23(21(20)15-16-6-10-18(30-3)11-7-16)31(28,29)19-12-8-17(9-13-19)24(26)27/h6-13,20-21,25H,4-5,14-15H2,1-3H3/t20-,21+/m0/s1. The third kappa shape index (κ3) is 5.06. The van der Waals surface area contributed by atoms with E-state index in [1.54, 1.807) is 21.0 Å². The second-order valence-electron chi connectivity index (χ2n) is 8.39. The minimum Gasteiger partial charge on any atom is -0.497 e. The molecule has 3 rings (SSSR count). The van der Waals surface area contributed by atoms with Crippen LogP contribution < -0.4 is 4.74 Å². The molecule has 1 N–H and O–H groups in total. The van der Waals surface area contributed by atoms with Crippen LogP contribution in [0.1, 0.15) is 32.3 Å². The van der Waals surface area contributed by atoms with Crippen molar-refractivity contribution in [3.63, 3.8) is 0 Å². The summed E-state index contributed by atoms with van der Waals surface area (Å²) < 4.78 is 33.6. The van der Waals surface area contributed by atoms with Gasteiger partial charge in [-0.2, -0.15) is 4.31 Å².